The molecule has 2 aromatic carbocycles. The smallest absolute Gasteiger partial charge is 0.326 e. The molecule has 132 valence electrons. The Hall–Kier alpha value is -0.780. The van der Waals surface area contributed by atoms with Crippen LogP contribution in [-0.4, -0.2) is 28.1 Å². The number of hydrogen-bond acceptors (Lipinski definition) is 3. The summed E-state index contributed by atoms with van der Waals surface area (Å²) in [7, 11) is 0. The number of halogens is 4. The molecule has 2 rings (SSSR count). The standard InChI is InChI=1S/C16H11Cl2I2NO4/c17-8-2-1-3-9(18)13(8)15(23)21-12(16(24)25)6-7-4-10(19)14(22)11(20)5-7/h1-5,12,22H,6H2,(H,21,23)(H,24,25). The quantitative estimate of drug-likeness (QED) is 0.443. The lowest BCUT2D eigenvalue weighted by Gasteiger charge is -2.16. The summed E-state index contributed by atoms with van der Waals surface area (Å²) in [5.41, 5.74) is 0.705. The molecule has 0 heterocycles. The van der Waals surface area contributed by atoms with E-state index in [1.165, 1.54) is 12.1 Å². The topological polar surface area (TPSA) is 86.6 Å². The summed E-state index contributed by atoms with van der Waals surface area (Å²) in [4.78, 5) is 23.9. The third-order valence-electron chi connectivity index (χ3n) is 3.31. The number of carbonyl (C=O) groups is 2. The van der Waals surface area contributed by atoms with Gasteiger partial charge in [0.15, 0.2) is 0 Å². The van der Waals surface area contributed by atoms with E-state index in [0.29, 0.717) is 12.7 Å². The van der Waals surface area contributed by atoms with Gasteiger partial charge in [-0.15, -0.1) is 0 Å². The van der Waals surface area contributed by atoms with Gasteiger partial charge in [-0.25, -0.2) is 4.79 Å². The van der Waals surface area contributed by atoms with E-state index in [-0.39, 0.29) is 27.8 Å². The van der Waals surface area contributed by atoms with Crippen LogP contribution in [0.1, 0.15) is 15.9 Å². The third kappa shape index (κ3) is 5.11. The molecule has 9 heteroatoms. The zero-order valence-corrected chi connectivity index (χ0v) is 18.2. The minimum absolute atomic E-state index is 0.0342. The van der Waals surface area contributed by atoms with Gasteiger partial charge in [-0.05, 0) is 75.0 Å². The van der Waals surface area contributed by atoms with Gasteiger partial charge in [-0.3, -0.25) is 4.79 Å². The van der Waals surface area contributed by atoms with Gasteiger partial charge in [0, 0.05) is 6.42 Å². The van der Waals surface area contributed by atoms with E-state index in [9.17, 15) is 19.8 Å². The molecule has 3 N–H and O–H groups in total. The number of amides is 1. The molecule has 0 bridgehead atoms. The van der Waals surface area contributed by atoms with Gasteiger partial charge >= 0.3 is 5.97 Å². The monoisotopic (exact) mass is 605 g/mol. The highest BCUT2D eigenvalue weighted by Crippen LogP contribution is 2.28. The number of carboxylic acids is 1. The van der Waals surface area contributed by atoms with Gasteiger partial charge < -0.3 is 15.5 Å². The van der Waals surface area contributed by atoms with E-state index >= 15 is 0 Å². The van der Waals surface area contributed by atoms with Gasteiger partial charge in [0.05, 0.1) is 22.7 Å². The summed E-state index contributed by atoms with van der Waals surface area (Å²) < 4.78 is 1.20. The molecule has 0 aliphatic heterocycles. The molecule has 0 spiro atoms. The number of carboxylic acid groups (broad SMARTS) is 1. The highest BCUT2D eigenvalue weighted by molar-refractivity contribution is 14.1. The molecule has 2 aromatic rings. The van der Waals surface area contributed by atoms with Gasteiger partial charge in [0.1, 0.15) is 11.8 Å². The number of carbonyl (C=O) groups excluding carboxylic acids is 1. The Morgan fingerprint density at radius 2 is 1.64 bits per heavy atom. The third-order valence-corrected chi connectivity index (χ3v) is 5.58. The van der Waals surface area contributed by atoms with Crippen LogP contribution in [0.2, 0.25) is 10.0 Å². The summed E-state index contributed by atoms with van der Waals surface area (Å²) in [5, 5.41) is 22.0. The van der Waals surface area contributed by atoms with Crippen LogP contribution in [0.15, 0.2) is 30.3 Å². The largest absolute Gasteiger partial charge is 0.506 e. The molecular weight excluding hydrogens is 595 g/mol. The Kier molecular flexibility index (Phi) is 7.18. The maximum Gasteiger partial charge on any atom is 0.326 e. The molecule has 5 nitrogen and oxygen atoms in total. The summed E-state index contributed by atoms with van der Waals surface area (Å²) in [6.45, 7) is 0. The number of aliphatic carboxylic acids is 1. The van der Waals surface area contributed by atoms with E-state index < -0.39 is 17.9 Å². The highest BCUT2D eigenvalue weighted by atomic mass is 127. The van der Waals surface area contributed by atoms with E-state index in [2.05, 4.69) is 5.32 Å². The second-order valence-electron chi connectivity index (χ2n) is 5.07. The average molecular weight is 606 g/mol. The second-order valence-corrected chi connectivity index (χ2v) is 8.21. The van der Waals surface area contributed by atoms with Gasteiger partial charge in [0.2, 0.25) is 0 Å². The lowest BCUT2D eigenvalue weighted by molar-refractivity contribution is -0.139. The molecule has 0 aromatic heterocycles. The van der Waals surface area contributed by atoms with Crippen molar-refractivity contribution in [2.45, 2.75) is 12.5 Å². The van der Waals surface area contributed by atoms with E-state index in [0.717, 1.165) is 0 Å². The molecular formula is C16H11Cl2I2NO4. The number of phenolic OH excluding ortho intramolecular Hbond substituents is 1. The Bertz CT molecular complexity index is 802. The van der Waals surface area contributed by atoms with Gasteiger partial charge in [-0.1, -0.05) is 29.3 Å². The van der Waals surface area contributed by atoms with Crippen molar-refractivity contribution in [3.05, 3.63) is 58.6 Å². The maximum atomic E-state index is 12.4. The minimum Gasteiger partial charge on any atom is -0.506 e. The fourth-order valence-corrected chi connectivity index (χ4v) is 4.58. The van der Waals surface area contributed by atoms with Crippen molar-refractivity contribution in [1.82, 2.24) is 5.32 Å². The number of hydrogen-bond donors (Lipinski definition) is 3. The Morgan fingerprint density at radius 1 is 1.12 bits per heavy atom. The Morgan fingerprint density at radius 3 is 2.12 bits per heavy atom. The zero-order chi connectivity index (χ0) is 18.7. The predicted octanol–water partition coefficient (Wildman–Crippen LogP) is 4.33. The van der Waals surface area contributed by atoms with Crippen molar-refractivity contribution in [1.29, 1.82) is 0 Å². The zero-order valence-electron chi connectivity index (χ0n) is 12.4. The summed E-state index contributed by atoms with van der Waals surface area (Å²) in [6, 6.07) is 6.77. The van der Waals surface area contributed by atoms with Crippen LogP contribution in [0.5, 0.6) is 5.75 Å². The molecule has 1 atom stereocenters. The van der Waals surface area contributed by atoms with E-state index in [1.54, 1.807) is 18.2 Å². The van der Waals surface area contributed by atoms with Crippen LogP contribution in [0.4, 0.5) is 0 Å². The van der Waals surface area contributed by atoms with Gasteiger partial charge in [0.25, 0.3) is 5.91 Å². The first-order valence-electron chi connectivity index (χ1n) is 6.85. The van der Waals surface area contributed by atoms with E-state index in [4.69, 9.17) is 23.2 Å². The number of benzene rings is 2. The van der Waals surface area contributed by atoms with Crippen LogP contribution < -0.4 is 5.32 Å². The summed E-state index contributed by atoms with van der Waals surface area (Å²) in [6.07, 6.45) is 0.0510. The SMILES string of the molecule is O=C(NC(Cc1cc(I)c(O)c(I)c1)C(=O)O)c1c(Cl)cccc1Cl. The lowest BCUT2D eigenvalue weighted by Crippen LogP contribution is -2.42. The molecule has 0 saturated carbocycles. The van der Waals surface area contributed by atoms with Crippen molar-refractivity contribution >= 4 is 80.3 Å². The van der Waals surface area contributed by atoms with Crippen molar-refractivity contribution in [3.63, 3.8) is 0 Å². The molecule has 0 aliphatic rings. The highest BCUT2D eigenvalue weighted by Gasteiger charge is 2.24. The number of phenols is 1. The summed E-state index contributed by atoms with van der Waals surface area (Å²) >= 11 is 15.9. The van der Waals surface area contributed by atoms with Crippen LogP contribution >= 0.6 is 68.4 Å². The molecule has 0 aliphatic carbocycles. The second kappa shape index (κ2) is 8.74. The first kappa shape index (κ1) is 20.5. The predicted molar refractivity (Wildman–Crippen MR) is 113 cm³/mol. The van der Waals surface area contributed by atoms with Gasteiger partial charge in [-0.2, -0.15) is 0 Å². The fraction of sp³-hybridized carbons (Fsp3) is 0.125. The number of rotatable bonds is 5. The van der Waals surface area contributed by atoms with Crippen LogP contribution in [0, 0.1) is 7.14 Å². The van der Waals surface area contributed by atoms with E-state index in [1.807, 2.05) is 45.2 Å². The van der Waals surface area contributed by atoms with Crippen LogP contribution in [-0.2, 0) is 11.2 Å². The first-order valence-corrected chi connectivity index (χ1v) is 9.76. The molecule has 1 amide bonds. The first-order chi connectivity index (χ1) is 11.7. The van der Waals surface area contributed by atoms with Crippen LogP contribution in [0.3, 0.4) is 0 Å². The molecule has 25 heavy (non-hydrogen) atoms. The maximum absolute atomic E-state index is 12.4. The van der Waals surface area contributed by atoms with Crippen molar-refractivity contribution in [2.24, 2.45) is 0 Å². The number of nitrogens with one attached hydrogen (secondary N) is 1. The fourth-order valence-electron chi connectivity index (χ4n) is 2.12. The molecule has 1 unspecified atom stereocenters. The molecule has 0 saturated heterocycles. The minimum atomic E-state index is -1.19. The average Bonchev–Trinajstić information content (AvgIpc) is 2.51. The van der Waals surface area contributed by atoms with Crippen LogP contribution in [0.25, 0.3) is 0 Å². The lowest BCUT2D eigenvalue weighted by atomic mass is 10.1. The van der Waals surface area contributed by atoms with Crippen molar-refractivity contribution in [2.75, 3.05) is 0 Å². The summed E-state index contributed by atoms with van der Waals surface area (Å²) in [5.74, 6) is -1.70. The Balaban J connectivity index is 2.25. The normalized spacial score (nSPS) is 11.8. The van der Waals surface area contributed by atoms with Crippen molar-refractivity contribution in [3.8, 4) is 5.75 Å². The Labute approximate surface area is 181 Å². The van der Waals surface area contributed by atoms with Crippen molar-refractivity contribution < 1.29 is 19.8 Å². The molecule has 0 fully saturated rings. The number of aromatic hydroxyl groups is 1. The molecule has 0 radical (unpaired) electrons.